The minimum absolute atomic E-state index is 0.0334. The quantitative estimate of drug-likeness (QED) is 0.894. The molecule has 1 saturated heterocycles. The SMILES string of the molecule is Cc1ccc(CC(C)NC(=O)C2CSCN2C(=O)C(C)(C)C)c(C)c1. The van der Waals surface area contributed by atoms with Crippen molar-refractivity contribution in [1.82, 2.24) is 10.2 Å². The van der Waals surface area contributed by atoms with E-state index in [9.17, 15) is 9.59 Å². The van der Waals surface area contributed by atoms with Crippen LogP contribution < -0.4 is 5.32 Å². The van der Waals surface area contributed by atoms with E-state index < -0.39 is 5.41 Å². The van der Waals surface area contributed by atoms with Crippen molar-refractivity contribution in [3.05, 3.63) is 34.9 Å². The largest absolute Gasteiger partial charge is 0.351 e. The highest BCUT2D eigenvalue weighted by Crippen LogP contribution is 2.27. The third-order valence-corrected chi connectivity index (χ3v) is 5.51. The van der Waals surface area contributed by atoms with Gasteiger partial charge in [0.1, 0.15) is 6.04 Å². The van der Waals surface area contributed by atoms with E-state index in [1.165, 1.54) is 16.7 Å². The Morgan fingerprint density at radius 1 is 1.32 bits per heavy atom. The molecule has 0 spiro atoms. The summed E-state index contributed by atoms with van der Waals surface area (Å²) in [5, 5.41) is 3.10. The second kappa shape index (κ2) is 7.81. The van der Waals surface area contributed by atoms with Crippen molar-refractivity contribution in [3.8, 4) is 0 Å². The topological polar surface area (TPSA) is 49.4 Å². The van der Waals surface area contributed by atoms with Gasteiger partial charge in [-0.1, -0.05) is 44.5 Å². The van der Waals surface area contributed by atoms with E-state index in [-0.39, 0.29) is 23.9 Å². The van der Waals surface area contributed by atoms with Crippen LogP contribution in [0.3, 0.4) is 0 Å². The number of aryl methyl sites for hydroxylation is 2. The summed E-state index contributed by atoms with van der Waals surface area (Å²) in [5.41, 5.74) is 3.29. The van der Waals surface area contributed by atoms with Crippen LogP contribution in [0.2, 0.25) is 0 Å². The zero-order valence-corrected chi connectivity index (χ0v) is 17.0. The van der Waals surface area contributed by atoms with Crippen LogP contribution in [-0.2, 0) is 16.0 Å². The zero-order valence-electron chi connectivity index (χ0n) is 16.2. The molecule has 4 nitrogen and oxygen atoms in total. The number of rotatable bonds is 4. The minimum Gasteiger partial charge on any atom is -0.351 e. The molecule has 1 aromatic rings. The van der Waals surface area contributed by atoms with Gasteiger partial charge in [0.25, 0.3) is 0 Å². The van der Waals surface area contributed by atoms with Crippen molar-refractivity contribution >= 4 is 23.6 Å². The summed E-state index contributed by atoms with van der Waals surface area (Å²) < 4.78 is 0. The molecular weight excluding hydrogens is 332 g/mol. The first-order chi connectivity index (χ1) is 11.6. The smallest absolute Gasteiger partial charge is 0.243 e. The predicted octanol–water partition coefficient (Wildman–Crippen LogP) is 3.30. The van der Waals surface area contributed by atoms with E-state index in [2.05, 4.69) is 37.4 Å². The van der Waals surface area contributed by atoms with E-state index in [1.807, 2.05) is 27.7 Å². The number of carbonyl (C=O) groups is 2. The van der Waals surface area contributed by atoms with E-state index in [4.69, 9.17) is 0 Å². The molecule has 1 aliphatic rings. The number of benzene rings is 1. The molecule has 0 aliphatic carbocycles. The first kappa shape index (κ1) is 19.8. The highest BCUT2D eigenvalue weighted by molar-refractivity contribution is 7.99. The summed E-state index contributed by atoms with van der Waals surface area (Å²) in [6, 6.07) is 6.08. The van der Waals surface area contributed by atoms with Gasteiger partial charge in [-0.3, -0.25) is 9.59 Å². The van der Waals surface area contributed by atoms with Gasteiger partial charge in [0.05, 0.1) is 5.88 Å². The lowest BCUT2D eigenvalue weighted by Gasteiger charge is -2.30. The van der Waals surface area contributed by atoms with Crippen LogP contribution in [0.5, 0.6) is 0 Å². The monoisotopic (exact) mass is 362 g/mol. The average Bonchev–Trinajstić information content (AvgIpc) is 2.97. The molecular formula is C20H30N2O2S. The Morgan fingerprint density at radius 3 is 2.60 bits per heavy atom. The summed E-state index contributed by atoms with van der Waals surface area (Å²) in [6.07, 6.45) is 0.797. The van der Waals surface area contributed by atoms with Crippen molar-refractivity contribution in [3.63, 3.8) is 0 Å². The molecule has 0 aromatic heterocycles. The first-order valence-corrected chi connectivity index (χ1v) is 10.0. The standard InChI is InChI=1S/C20H30N2O2S/c1-13-7-8-16(14(2)9-13)10-15(3)21-18(23)17-11-25-12-22(17)19(24)20(4,5)6/h7-9,15,17H,10-12H2,1-6H3,(H,21,23). The van der Waals surface area contributed by atoms with Crippen molar-refractivity contribution in [1.29, 1.82) is 0 Å². The molecule has 2 rings (SSSR count). The van der Waals surface area contributed by atoms with Gasteiger partial charge < -0.3 is 10.2 Å². The summed E-state index contributed by atoms with van der Waals surface area (Å²) >= 11 is 1.64. The van der Waals surface area contributed by atoms with Gasteiger partial charge >= 0.3 is 0 Å². The highest BCUT2D eigenvalue weighted by atomic mass is 32.2. The van der Waals surface area contributed by atoms with Gasteiger partial charge in [0.15, 0.2) is 0 Å². The summed E-state index contributed by atoms with van der Waals surface area (Å²) in [7, 11) is 0. The van der Waals surface area contributed by atoms with Gasteiger partial charge in [-0.05, 0) is 38.3 Å². The molecule has 0 bridgehead atoms. The van der Waals surface area contributed by atoms with Gasteiger partial charge in [-0.2, -0.15) is 0 Å². The van der Waals surface area contributed by atoms with Gasteiger partial charge in [0.2, 0.25) is 11.8 Å². The normalized spacial score (nSPS) is 19.0. The Balaban J connectivity index is 1.99. The molecule has 2 amide bonds. The summed E-state index contributed by atoms with van der Waals surface area (Å²) in [4.78, 5) is 27.0. The number of nitrogens with one attached hydrogen (secondary N) is 1. The molecule has 1 fully saturated rings. The third-order valence-electron chi connectivity index (χ3n) is 4.50. The average molecular weight is 363 g/mol. The van der Waals surface area contributed by atoms with Crippen LogP contribution in [0.15, 0.2) is 18.2 Å². The van der Waals surface area contributed by atoms with E-state index >= 15 is 0 Å². The highest BCUT2D eigenvalue weighted by Gasteiger charge is 2.39. The molecule has 1 aromatic carbocycles. The van der Waals surface area contributed by atoms with Gasteiger partial charge in [0, 0.05) is 17.2 Å². The lowest BCUT2D eigenvalue weighted by Crippen LogP contribution is -2.52. The zero-order chi connectivity index (χ0) is 18.8. The molecule has 2 atom stereocenters. The van der Waals surface area contributed by atoms with Crippen molar-refractivity contribution < 1.29 is 9.59 Å². The van der Waals surface area contributed by atoms with Crippen molar-refractivity contribution in [2.24, 2.45) is 5.41 Å². The van der Waals surface area contributed by atoms with Crippen LogP contribution in [0.25, 0.3) is 0 Å². The molecule has 2 unspecified atom stereocenters. The Labute approximate surface area is 155 Å². The molecule has 5 heteroatoms. The lowest BCUT2D eigenvalue weighted by molar-refractivity contribution is -0.144. The molecule has 1 N–H and O–H groups in total. The fourth-order valence-electron chi connectivity index (χ4n) is 3.09. The van der Waals surface area contributed by atoms with Gasteiger partial charge in [-0.15, -0.1) is 11.8 Å². The van der Waals surface area contributed by atoms with Crippen molar-refractivity contribution in [2.75, 3.05) is 11.6 Å². The number of carbonyl (C=O) groups excluding carboxylic acids is 2. The van der Waals surface area contributed by atoms with Crippen LogP contribution in [0, 0.1) is 19.3 Å². The maximum Gasteiger partial charge on any atom is 0.243 e. The number of thioether (sulfide) groups is 1. The Kier molecular flexibility index (Phi) is 6.20. The molecule has 0 radical (unpaired) electrons. The molecule has 1 aliphatic heterocycles. The Bertz CT molecular complexity index is 652. The molecule has 138 valence electrons. The van der Waals surface area contributed by atoms with Crippen LogP contribution >= 0.6 is 11.8 Å². The second-order valence-electron chi connectivity index (χ2n) is 8.08. The third kappa shape index (κ3) is 5.00. The maximum absolute atomic E-state index is 12.7. The molecule has 25 heavy (non-hydrogen) atoms. The summed E-state index contributed by atoms with van der Waals surface area (Å²) in [6.45, 7) is 11.9. The Morgan fingerprint density at radius 2 is 2.00 bits per heavy atom. The summed E-state index contributed by atoms with van der Waals surface area (Å²) in [5.74, 6) is 1.27. The van der Waals surface area contributed by atoms with Gasteiger partial charge in [-0.25, -0.2) is 0 Å². The molecule has 0 saturated carbocycles. The fourth-order valence-corrected chi connectivity index (χ4v) is 4.24. The maximum atomic E-state index is 12.7. The predicted molar refractivity (Wildman–Crippen MR) is 105 cm³/mol. The van der Waals surface area contributed by atoms with Crippen LogP contribution in [0.1, 0.15) is 44.4 Å². The van der Waals surface area contributed by atoms with E-state index in [0.29, 0.717) is 11.6 Å². The molecule has 1 heterocycles. The minimum atomic E-state index is -0.464. The fraction of sp³-hybridized carbons (Fsp3) is 0.600. The number of hydrogen-bond donors (Lipinski definition) is 1. The first-order valence-electron chi connectivity index (χ1n) is 8.85. The number of nitrogens with zero attached hydrogens (tertiary/aromatic N) is 1. The van der Waals surface area contributed by atoms with Crippen molar-refractivity contribution in [2.45, 2.75) is 60.0 Å². The van der Waals surface area contributed by atoms with E-state index in [1.54, 1.807) is 16.7 Å². The Hall–Kier alpha value is -1.49. The van der Waals surface area contributed by atoms with E-state index in [0.717, 1.165) is 6.42 Å². The number of amides is 2. The van der Waals surface area contributed by atoms with Crippen LogP contribution in [-0.4, -0.2) is 40.4 Å². The van der Waals surface area contributed by atoms with Crippen LogP contribution in [0.4, 0.5) is 0 Å². The number of hydrogen-bond acceptors (Lipinski definition) is 3. The lowest BCUT2D eigenvalue weighted by atomic mass is 9.94. The second-order valence-corrected chi connectivity index (χ2v) is 9.08.